The number of likely N-dealkylation sites (tertiary alicyclic amines) is 1. The third-order valence-corrected chi connectivity index (χ3v) is 3.52. The fourth-order valence-electron chi connectivity index (χ4n) is 2.67. The largest absolute Gasteiger partial charge is 0.337 e. The summed E-state index contributed by atoms with van der Waals surface area (Å²) in [5.41, 5.74) is 2.26. The quantitative estimate of drug-likeness (QED) is 0.866. The third-order valence-electron chi connectivity index (χ3n) is 3.52. The first-order valence-electron chi connectivity index (χ1n) is 7.07. The molecule has 0 aliphatic carbocycles. The normalized spacial score (nSPS) is 19.7. The predicted molar refractivity (Wildman–Crippen MR) is 74.7 cm³/mol. The summed E-state index contributed by atoms with van der Waals surface area (Å²) in [5, 5.41) is 7.76. The lowest BCUT2D eigenvalue weighted by Crippen LogP contribution is -2.41. The van der Waals surface area contributed by atoms with E-state index >= 15 is 0 Å². The van der Waals surface area contributed by atoms with Gasteiger partial charge >= 0.3 is 0 Å². The van der Waals surface area contributed by atoms with Crippen molar-refractivity contribution in [1.29, 1.82) is 0 Å². The highest BCUT2D eigenvalue weighted by atomic mass is 16.2. The number of aromatic nitrogens is 2. The van der Waals surface area contributed by atoms with Gasteiger partial charge in [-0.2, -0.15) is 5.10 Å². The first kappa shape index (κ1) is 14.1. The van der Waals surface area contributed by atoms with Gasteiger partial charge in [0.2, 0.25) is 5.91 Å². The van der Waals surface area contributed by atoms with E-state index in [9.17, 15) is 4.79 Å². The molecule has 1 fully saturated rings. The monoisotopic (exact) mass is 264 g/mol. The molecule has 1 atom stereocenters. The van der Waals surface area contributed by atoms with Crippen LogP contribution in [0.25, 0.3) is 0 Å². The highest BCUT2D eigenvalue weighted by Crippen LogP contribution is 2.17. The van der Waals surface area contributed by atoms with Crippen LogP contribution in [0.5, 0.6) is 0 Å². The van der Waals surface area contributed by atoms with Gasteiger partial charge < -0.3 is 10.2 Å². The van der Waals surface area contributed by atoms with E-state index in [1.165, 1.54) is 5.56 Å². The predicted octanol–water partition coefficient (Wildman–Crippen LogP) is 1.08. The van der Waals surface area contributed by atoms with E-state index in [0.717, 1.165) is 25.1 Å². The number of amides is 1. The van der Waals surface area contributed by atoms with Gasteiger partial charge in [0.1, 0.15) is 0 Å². The van der Waals surface area contributed by atoms with Crippen molar-refractivity contribution in [2.75, 3.05) is 6.54 Å². The van der Waals surface area contributed by atoms with Gasteiger partial charge in [0.25, 0.3) is 0 Å². The zero-order chi connectivity index (χ0) is 14.0. The molecule has 1 aliphatic rings. The minimum atomic E-state index is -0.0123. The van der Waals surface area contributed by atoms with Crippen molar-refractivity contribution in [2.45, 2.75) is 52.2 Å². The molecule has 2 rings (SSSR count). The number of nitrogens with one attached hydrogen (secondary N) is 1. The average Bonchev–Trinajstić information content (AvgIpc) is 2.86. The van der Waals surface area contributed by atoms with Crippen LogP contribution in [0.4, 0.5) is 0 Å². The van der Waals surface area contributed by atoms with Crippen molar-refractivity contribution < 1.29 is 4.79 Å². The maximum Gasteiger partial charge on any atom is 0.240 e. The molecule has 1 unspecified atom stereocenters. The molecule has 1 aromatic rings. The van der Waals surface area contributed by atoms with Crippen molar-refractivity contribution >= 4 is 5.91 Å². The summed E-state index contributed by atoms with van der Waals surface area (Å²) in [4.78, 5) is 14.2. The number of hydrogen-bond donors (Lipinski definition) is 1. The molecule has 0 bridgehead atoms. The number of rotatable bonds is 5. The molecule has 1 aromatic heterocycles. The van der Waals surface area contributed by atoms with Crippen LogP contribution in [0.2, 0.25) is 0 Å². The second-order valence-electron chi connectivity index (χ2n) is 5.55. The smallest absolute Gasteiger partial charge is 0.240 e. The minimum Gasteiger partial charge on any atom is -0.337 e. The second kappa shape index (κ2) is 5.74. The van der Waals surface area contributed by atoms with Gasteiger partial charge in [0.15, 0.2) is 0 Å². The van der Waals surface area contributed by atoms with Crippen LogP contribution in [0.15, 0.2) is 6.20 Å². The topological polar surface area (TPSA) is 50.2 Å². The minimum absolute atomic E-state index is 0.0123. The molecular formula is C14H24N4O. The molecule has 1 saturated heterocycles. The van der Waals surface area contributed by atoms with Crippen molar-refractivity contribution in [3.05, 3.63) is 17.5 Å². The highest BCUT2D eigenvalue weighted by molar-refractivity contribution is 5.84. The Hall–Kier alpha value is -1.36. The van der Waals surface area contributed by atoms with Crippen LogP contribution < -0.4 is 5.32 Å². The first-order chi connectivity index (χ1) is 9.01. The Morgan fingerprint density at radius 3 is 2.89 bits per heavy atom. The Morgan fingerprint density at radius 2 is 2.26 bits per heavy atom. The molecule has 1 aliphatic heterocycles. The van der Waals surface area contributed by atoms with E-state index in [2.05, 4.69) is 31.2 Å². The summed E-state index contributed by atoms with van der Waals surface area (Å²) in [5.74, 6) is 0.222. The van der Waals surface area contributed by atoms with Crippen molar-refractivity contribution in [1.82, 2.24) is 20.0 Å². The average molecular weight is 264 g/mol. The lowest BCUT2D eigenvalue weighted by molar-refractivity contribution is -0.130. The summed E-state index contributed by atoms with van der Waals surface area (Å²) >= 11 is 0. The summed E-state index contributed by atoms with van der Waals surface area (Å²) in [6.45, 7) is 7.77. The summed E-state index contributed by atoms with van der Waals surface area (Å²) in [7, 11) is 1.93. The molecule has 0 spiro atoms. The van der Waals surface area contributed by atoms with Crippen molar-refractivity contribution in [3.8, 4) is 0 Å². The molecule has 2 heterocycles. The van der Waals surface area contributed by atoms with Gasteiger partial charge in [-0.1, -0.05) is 20.8 Å². The molecule has 5 heteroatoms. The molecule has 1 N–H and O–H groups in total. The summed E-state index contributed by atoms with van der Waals surface area (Å²) in [6.07, 6.45) is 3.83. The molecule has 0 aromatic carbocycles. The highest BCUT2D eigenvalue weighted by Gasteiger charge is 2.32. The van der Waals surface area contributed by atoms with Gasteiger partial charge in [0.05, 0.1) is 11.7 Å². The Balaban J connectivity index is 2.02. The van der Waals surface area contributed by atoms with Gasteiger partial charge in [0, 0.05) is 37.9 Å². The maximum atomic E-state index is 12.3. The fourth-order valence-corrected chi connectivity index (χ4v) is 2.67. The van der Waals surface area contributed by atoms with E-state index in [0.29, 0.717) is 12.6 Å². The van der Waals surface area contributed by atoms with Crippen LogP contribution >= 0.6 is 0 Å². The maximum absolute atomic E-state index is 12.3. The Morgan fingerprint density at radius 1 is 1.53 bits per heavy atom. The Bertz CT molecular complexity index is 452. The fraction of sp³-hybridized carbons (Fsp3) is 0.714. The SMILES string of the molecule is CCc1nn(C)cc1CN1CCC(NC(C)C)C1=O. The molecule has 19 heavy (non-hydrogen) atoms. The zero-order valence-corrected chi connectivity index (χ0v) is 12.3. The number of hydrogen-bond acceptors (Lipinski definition) is 3. The number of carbonyl (C=O) groups excluding carboxylic acids is 1. The van der Waals surface area contributed by atoms with Crippen molar-refractivity contribution in [3.63, 3.8) is 0 Å². The van der Waals surface area contributed by atoms with Crippen LogP contribution in [-0.2, 0) is 24.8 Å². The lowest BCUT2D eigenvalue weighted by atomic mass is 10.2. The summed E-state index contributed by atoms with van der Waals surface area (Å²) < 4.78 is 1.83. The Kier molecular flexibility index (Phi) is 4.24. The van der Waals surface area contributed by atoms with Crippen LogP contribution in [0.3, 0.4) is 0 Å². The number of aryl methyl sites for hydroxylation is 2. The summed E-state index contributed by atoms with van der Waals surface area (Å²) in [6, 6.07) is 0.334. The van der Waals surface area contributed by atoms with Crippen LogP contribution in [0.1, 0.15) is 38.4 Å². The molecule has 5 nitrogen and oxygen atoms in total. The van der Waals surface area contributed by atoms with E-state index in [1.807, 2.05) is 22.8 Å². The van der Waals surface area contributed by atoms with Crippen LogP contribution in [0, 0.1) is 0 Å². The van der Waals surface area contributed by atoms with Gasteiger partial charge in [-0.3, -0.25) is 9.48 Å². The zero-order valence-electron chi connectivity index (χ0n) is 12.3. The first-order valence-corrected chi connectivity index (χ1v) is 7.07. The molecule has 1 amide bonds. The Labute approximate surface area is 115 Å². The van der Waals surface area contributed by atoms with Crippen LogP contribution in [-0.4, -0.2) is 39.2 Å². The lowest BCUT2D eigenvalue weighted by Gasteiger charge is -2.18. The molecule has 106 valence electrons. The standard InChI is InChI=1S/C14H24N4O/c1-5-12-11(8-17(4)16-12)9-18-7-6-13(14(18)19)15-10(2)3/h8,10,13,15H,5-7,9H2,1-4H3. The number of nitrogens with zero attached hydrogens (tertiary/aromatic N) is 3. The number of carbonyl (C=O) groups is 1. The van der Waals surface area contributed by atoms with E-state index in [1.54, 1.807) is 0 Å². The molecule has 0 radical (unpaired) electrons. The second-order valence-corrected chi connectivity index (χ2v) is 5.55. The van der Waals surface area contributed by atoms with Crippen molar-refractivity contribution in [2.24, 2.45) is 7.05 Å². The van der Waals surface area contributed by atoms with E-state index < -0.39 is 0 Å². The van der Waals surface area contributed by atoms with Gasteiger partial charge in [-0.15, -0.1) is 0 Å². The van der Waals surface area contributed by atoms with E-state index in [-0.39, 0.29) is 11.9 Å². The van der Waals surface area contributed by atoms with Gasteiger partial charge in [-0.05, 0) is 12.8 Å². The molecular weight excluding hydrogens is 240 g/mol. The van der Waals surface area contributed by atoms with Gasteiger partial charge in [-0.25, -0.2) is 0 Å². The van der Waals surface area contributed by atoms with E-state index in [4.69, 9.17) is 0 Å². The third kappa shape index (κ3) is 3.15. The molecule has 0 saturated carbocycles.